The maximum atomic E-state index is 3.57. The Balaban J connectivity index is 2.51. The van der Waals surface area contributed by atoms with Crippen LogP contribution < -0.4 is 5.32 Å². The van der Waals surface area contributed by atoms with E-state index in [1.54, 1.807) is 0 Å². The van der Waals surface area contributed by atoms with Crippen molar-refractivity contribution >= 4 is 0 Å². The molecule has 3 atom stereocenters. The van der Waals surface area contributed by atoms with Gasteiger partial charge in [-0.05, 0) is 37.1 Å². The first-order valence-corrected chi connectivity index (χ1v) is 7.31. The Labute approximate surface area is 108 Å². The highest BCUT2D eigenvalue weighted by Crippen LogP contribution is 2.27. The monoisotopic (exact) mass is 240 g/mol. The van der Waals surface area contributed by atoms with Crippen molar-refractivity contribution < 1.29 is 0 Å². The van der Waals surface area contributed by atoms with Gasteiger partial charge in [0.2, 0.25) is 0 Å². The fourth-order valence-electron chi connectivity index (χ4n) is 3.22. The Morgan fingerprint density at radius 1 is 1.24 bits per heavy atom. The van der Waals surface area contributed by atoms with Gasteiger partial charge in [-0.2, -0.15) is 0 Å². The van der Waals surface area contributed by atoms with Crippen molar-refractivity contribution in [3.05, 3.63) is 0 Å². The van der Waals surface area contributed by atoms with Gasteiger partial charge in [0.1, 0.15) is 0 Å². The van der Waals surface area contributed by atoms with E-state index >= 15 is 0 Å². The standard InChI is InChI=1S/C15H32N2/c1-7-16-14(4)15(5,6)11-17-9-12(2)8-13(3)10-17/h12-14,16H,7-11H2,1-6H3. The Bertz CT molecular complexity index is 215. The first-order valence-electron chi connectivity index (χ1n) is 7.31. The summed E-state index contributed by atoms with van der Waals surface area (Å²) in [4.78, 5) is 2.67. The summed E-state index contributed by atoms with van der Waals surface area (Å²) in [5, 5.41) is 3.57. The highest BCUT2D eigenvalue weighted by molar-refractivity contribution is 4.86. The van der Waals surface area contributed by atoms with E-state index < -0.39 is 0 Å². The van der Waals surface area contributed by atoms with Gasteiger partial charge in [0, 0.05) is 25.7 Å². The van der Waals surface area contributed by atoms with Crippen LogP contribution in [-0.4, -0.2) is 37.1 Å². The van der Waals surface area contributed by atoms with E-state index in [1.807, 2.05) is 0 Å². The van der Waals surface area contributed by atoms with Gasteiger partial charge < -0.3 is 10.2 Å². The quantitative estimate of drug-likeness (QED) is 0.795. The molecule has 0 amide bonds. The maximum absolute atomic E-state index is 3.57. The fourth-order valence-corrected chi connectivity index (χ4v) is 3.22. The summed E-state index contributed by atoms with van der Waals surface area (Å²) < 4.78 is 0. The Morgan fingerprint density at radius 2 is 1.76 bits per heavy atom. The second-order valence-electron chi connectivity index (χ2n) is 6.91. The summed E-state index contributed by atoms with van der Waals surface area (Å²) in [6.45, 7) is 18.9. The topological polar surface area (TPSA) is 15.3 Å². The first kappa shape index (κ1) is 15.0. The van der Waals surface area contributed by atoms with Crippen LogP contribution in [0.25, 0.3) is 0 Å². The molecule has 2 nitrogen and oxygen atoms in total. The number of likely N-dealkylation sites (tertiary alicyclic amines) is 1. The number of nitrogens with one attached hydrogen (secondary N) is 1. The highest BCUT2D eigenvalue weighted by atomic mass is 15.1. The summed E-state index contributed by atoms with van der Waals surface area (Å²) >= 11 is 0. The molecule has 0 saturated carbocycles. The van der Waals surface area contributed by atoms with Gasteiger partial charge in [-0.1, -0.05) is 34.6 Å². The van der Waals surface area contributed by atoms with Crippen LogP contribution in [0, 0.1) is 17.3 Å². The van der Waals surface area contributed by atoms with Crippen molar-refractivity contribution in [2.75, 3.05) is 26.2 Å². The second-order valence-corrected chi connectivity index (χ2v) is 6.91. The zero-order valence-corrected chi connectivity index (χ0v) is 12.7. The van der Waals surface area contributed by atoms with Crippen LogP contribution in [0.2, 0.25) is 0 Å². The van der Waals surface area contributed by atoms with E-state index in [1.165, 1.54) is 26.1 Å². The molecule has 1 aliphatic heterocycles. The fraction of sp³-hybridized carbons (Fsp3) is 1.00. The zero-order valence-electron chi connectivity index (χ0n) is 12.7. The zero-order chi connectivity index (χ0) is 13.1. The SMILES string of the molecule is CCNC(C)C(C)(C)CN1CC(C)CC(C)C1. The third-order valence-electron chi connectivity index (χ3n) is 4.26. The van der Waals surface area contributed by atoms with Crippen molar-refractivity contribution in [1.82, 2.24) is 10.2 Å². The molecule has 0 aromatic carbocycles. The van der Waals surface area contributed by atoms with Crippen LogP contribution in [0.5, 0.6) is 0 Å². The van der Waals surface area contributed by atoms with E-state index in [2.05, 4.69) is 51.8 Å². The molecule has 1 aliphatic rings. The minimum absolute atomic E-state index is 0.354. The minimum Gasteiger partial charge on any atom is -0.314 e. The minimum atomic E-state index is 0.354. The van der Waals surface area contributed by atoms with E-state index in [-0.39, 0.29) is 0 Å². The molecule has 0 aromatic heterocycles. The maximum Gasteiger partial charge on any atom is 0.0102 e. The third-order valence-corrected chi connectivity index (χ3v) is 4.26. The van der Waals surface area contributed by atoms with Crippen molar-refractivity contribution in [3.63, 3.8) is 0 Å². The molecule has 1 rings (SSSR count). The van der Waals surface area contributed by atoms with Gasteiger partial charge in [0.05, 0.1) is 0 Å². The van der Waals surface area contributed by atoms with Crippen LogP contribution in [0.4, 0.5) is 0 Å². The van der Waals surface area contributed by atoms with Crippen LogP contribution in [0.3, 0.4) is 0 Å². The Kier molecular flexibility index (Phi) is 5.46. The summed E-state index contributed by atoms with van der Waals surface area (Å²) in [5.41, 5.74) is 0.354. The lowest BCUT2D eigenvalue weighted by Gasteiger charge is -2.42. The molecule has 0 aromatic rings. The van der Waals surface area contributed by atoms with Gasteiger partial charge >= 0.3 is 0 Å². The molecular weight excluding hydrogens is 208 g/mol. The molecule has 17 heavy (non-hydrogen) atoms. The van der Waals surface area contributed by atoms with Crippen molar-refractivity contribution in [2.24, 2.45) is 17.3 Å². The van der Waals surface area contributed by atoms with Gasteiger partial charge in [-0.3, -0.25) is 0 Å². The number of rotatable bonds is 5. The molecule has 0 radical (unpaired) electrons. The van der Waals surface area contributed by atoms with E-state index in [4.69, 9.17) is 0 Å². The van der Waals surface area contributed by atoms with Crippen LogP contribution >= 0.6 is 0 Å². The second kappa shape index (κ2) is 6.19. The van der Waals surface area contributed by atoms with E-state index in [0.717, 1.165) is 18.4 Å². The highest BCUT2D eigenvalue weighted by Gasteiger charge is 2.30. The molecule has 0 spiro atoms. The number of hydrogen-bond acceptors (Lipinski definition) is 2. The van der Waals surface area contributed by atoms with E-state index in [0.29, 0.717) is 11.5 Å². The van der Waals surface area contributed by atoms with Crippen LogP contribution in [0.1, 0.15) is 48.0 Å². The number of nitrogens with zero attached hydrogens (tertiary/aromatic N) is 1. The van der Waals surface area contributed by atoms with Crippen molar-refractivity contribution in [2.45, 2.75) is 54.0 Å². The average molecular weight is 240 g/mol. The third kappa shape index (κ3) is 4.59. The Morgan fingerprint density at radius 3 is 2.24 bits per heavy atom. The molecule has 1 fully saturated rings. The lowest BCUT2D eigenvalue weighted by atomic mass is 9.83. The Hall–Kier alpha value is -0.0800. The molecule has 1 saturated heterocycles. The summed E-state index contributed by atoms with van der Waals surface area (Å²) in [6, 6.07) is 0.583. The van der Waals surface area contributed by atoms with Crippen molar-refractivity contribution in [3.8, 4) is 0 Å². The summed E-state index contributed by atoms with van der Waals surface area (Å²) in [7, 11) is 0. The average Bonchev–Trinajstić information content (AvgIpc) is 2.15. The smallest absolute Gasteiger partial charge is 0.0102 e. The van der Waals surface area contributed by atoms with Gasteiger partial charge in [-0.15, -0.1) is 0 Å². The molecular formula is C15H32N2. The van der Waals surface area contributed by atoms with Crippen LogP contribution in [-0.2, 0) is 0 Å². The molecule has 102 valence electrons. The molecule has 1 N–H and O–H groups in total. The van der Waals surface area contributed by atoms with Crippen molar-refractivity contribution in [1.29, 1.82) is 0 Å². The van der Waals surface area contributed by atoms with Crippen LogP contribution in [0.15, 0.2) is 0 Å². The van der Waals surface area contributed by atoms with Gasteiger partial charge in [0.25, 0.3) is 0 Å². The lowest BCUT2D eigenvalue weighted by Crippen LogP contribution is -2.50. The molecule has 0 bridgehead atoms. The predicted octanol–water partition coefficient (Wildman–Crippen LogP) is 2.99. The van der Waals surface area contributed by atoms with Gasteiger partial charge in [-0.25, -0.2) is 0 Å². The van der Waals surface area contributed by atoms with Gasteiger partial charge in [0.15, 0.2) is 0 Å². The lowest BCUT2D eigenvalue weighted by molar-refractivity contribution is 0.0814. The molecule has 2 heteroatoms. The van der Waals surface area contributed by atoms with E-state index in [9.17, 15) is 0 Å². The molecule has 0 aliphatic carbocycles. The molecule has 1 heterocycles. The largest absolute Gasteiger partial charge is 0.314 e. The predicted molar refractivity (Wildman–Crippen MR) is 76.3 cm³/mol. The first-order chi connectivity index (χ1) is 7.85. The normalized spacial score (nSPS) is 29.3. The number of hydrogen-bond donors (Lipinski definition) is 1. The molecule has 3 unspecified atom stereocenters. The summed E-state index contributed by atoms with van der Waals surface area (Å²) in [5.74, 6) is 1.73. The number of piperidine rings is 1. The summed E-state index contributed by atoms with van der Waals surface area (Å²) in [6.07, 6.45) is 1.40.